The van der Waals surface area contributed by atoms with Gasteiger partial charge in [0.15, 0.2) is 5.13 Å². The first-order valence-corrected chi connectivity index (χ1v) is 10.9. The molecule has 0 atom stereocenters. The van der Waals surface area contributed by atoms with E-state index in [0.29, 0.717) is 6.54 Å². The predicted octanol–water partition coefficient (Wildman–Crippen LogP) is 4.45. The van der Waals surface area contributed by atoms with Crippen LogP contribution in [0.2, 0.25) is 0 Å². The van der Waals surface area contributed by atoms with Crippen molar-refractivity contribution in [3.05, 3.63) is 53.1 Å². The van der Waals surface area contributed by atoms with E-state index in [1.54, 1.807) is 18.4 Å². The predicted molar refractivity (Wildman–Crippen MR) is 119 cm³/mol. The fraction of sp³-hybridized carbons (Fsp3) is 0.391. The van der Waals surface area contributed by atoms with Crippen molar-refractivity contribution >= 4 is 32.6 Å². The molecule has 29 heavy (non-hydrogen) atoms. The fourth-order valence-corrected chi connectivity index (χ4v) is 5.20. The van der Waals surface area contributed by atoms with E-state index in [-0.39, 0.29) is 11.8 Å². The summed E-state index contributed by atoms with van der Waals surface area (Å²) < 4.78 is 6.61. The van der Waals surface area contributed by atoms with E-state index >= 15 is 0 Å². The molecule has 2 aromatic carbocycles. The zero-order valence-corrected chi connectivity index (χ0v) is 18.0. The maximum absolute atomic E-state index is 12.7. The average molecular weight is 410 g/mol. The minimum atomic E-state index is 0.0549. The van der Waals surface area contributed by atoms with Gasteiger partial charge in [-0.15, -0.1) is 0 Å². The van der Waals surface area contributed by atoms with Crippen LogP contribution >= 0.6 is 11.3 Å². The summed E-state index contributed by atoms with van der Waals surface area (Å²) in [5.74, 6) is 0.995. The van der Waals surface area contributed by atoms with Crippen molar-refractivity contribution in [1.29, 1.82) is 0 Å². The minimum absolute atomic E-state index is 0.0549. The quantitative estimate of drug-likeness (QED) is 0.676. The molecule has 3 aromatic rings. The first kappa shape index (κ1) is 19.7. The van der Waals surface area contributed by atoms with Crippen molar-refractivity contribution in [2.24, 2.45) is 5.92 Å². The number of hydrogen-bond acceptors (Lipinski definition) is 5. The zero-order valence-electron chi connectivity index (χ0n) is 17.2. The third-order valence-corrected chi connectivity index (χ3v) is 6.66. The fourth-order valence-electron chi connectivity index (χ4n) is 4.00. The van der Waals surface area contributed by atoms with Gasteiger partial charge in [0, 0.05) is 31.1 Å². The zero-order chi connectivity index (χ0) is 20.4. The Morgan fingerprint density at radius 3 is 2.76 bits per heavy atom. The van der Waals surface area contributed by atoms with Crippen LogP contribution in [0.25, 0.3) is 10.2 Å². The van der Waals surface area contributed by atoms with E-state index in [9.17, 15) is 4.79 Å². The topological polar surface area (TPSA) is 54.5 Å². The highest BCUT2D eigenvalue weighted by Gasteiger charge is 2.26. The Morgan fingerprint density at radius 1 is 1.24 bits per heavy atom. The van der Waals surface area contributed by atoms with Crippen LogP contribution in [0.4, 0.5) is 5.13 Å². The first-order valence-electron chi connectivity index (χ1n) is 10.1. The number of nitrogens with one attached hydrogen (secondary N) is 1. The molecule has 1 amide bonds. The molecule has 1 aliphatic heterocycles. The van der Waals surface area contributed by atoms with Gasteiger partial charge in [0.25, 0.3) is 0 Å². The Balaban J connectivity index is 1.35. The van der Waals surface area contributed by atoms with Crippen LogP contribution in [0.15, 0.2) is 36.4 Å². The number of amides is 1. The van der Waals surface area contributed by atoms with Crippen LogP contribution in [0, 0.1) is 19.8 Å². The summed E-state index contributed by atoms with van der Waals surface area (Å²) in [4.78, 5) is 19.8. The highest BCUT2D eigenvalue weighted by atomic mass is 32.1. The molecule has 0 bridgehead atoms. The molecule has 1 N–H and O–H groups in total. The summed E-state index contributed by atoms with van der Waals surface area (Å²) in [5, 5.41) is 4.15. The maximum Gasteiger partial charge on any atom is 0.223 e. The summed E-state index contributed by atoms with van der Waals surface area (Å²) in [5.41, 5.74) is 4.61. The van der Waals surface area contributed by atoms with Gasteiger partial charge in [-0.05, 0) is 49.9 Å². The molecule has 152 valence electrons. The lowest BCUT2D eigenvalue weighted by atomic mass is 9.96. The lowest BCUT2D eigenvalue weighted by Gasteiger charge is -2.31. The summed E-state index contributed by atoms with van der Waals surface area (Å²) in [6.45, 7) is 6.48. The molecule has 0 spiro atoms. The number of hydrogen-bond donors (Lipinski definition) is 1. The van der Waals surface area contributed by atoms with Gasteiger partial charge in [0.2, 0.25) is 5.91 Å². The van der Waals surface area contributed by atoms with Gasteiger partial charge in [-0.1, -0.05) is 35.6 Å². The second-order valence-corrected chi connectivity index (χ2v) is 8.73. The number of para-hydroxylation sites is 1. The van der Waals surface area contributed by atoms with Crippen LogP contribution in [-0.4, -0.2) is 31.1 Å². The summed E-state index contributed by atoms with van der Waals surface area (Å²) in [7, 11) is 1.65. The molecule has 0 aliphatic carbocycles. The SMILES string of the molecule is COc1ccccc1CNC(=O)C1CCN(c2nc3c(C)cc(C)cc3s2)CC1. The largest absolute Gasteiger partial charge is 0.496 e. The number of carbonyl (C=O) groups excluding carboxylic acids is 1. The van der Waals surface area contributed by atoms with Gasteiger partial charge in [-0.25, -0.2) is 4.98 Å². The molecule has 2 heterocycles. The number of fused-ring (bicyclic) bond motifs is 1. The number of carbonyl (C=O) groups is 1. The van der Waals surface area contributed by atoms with E-state index in [1.165, 1.54) is 15.8 Å². The molecule has 0 radical (unpaired) electrons. The lowest BCUT2D eigenvalue weighted by molar-refractivity contribution is -0.125. The van der Waals surface area contributed by atoms with Gasteiger partial charge >= 0.3 is 0 Å². The van der Waals surface area contributed by atoms with Crippen LogP contribution in [0.5, 0.6) is 5.75 Å². The molecule has 0 unspecified atom stereocenters. The number of thiazole rings is 1. The van der Waals surface area contributed by atoms with E-state index < -0.39 is 0 Å². The number of rotatable bonds is 5. The number of methoxy groups -OCH3 is 1. The highest BCUT2D eigenvalue weighted by molar-refractivity contribution is 7.22. The number of nitrogens with zero attached hydrogens (tertiary/aromatic N) is 2. The van der Waals surface area contributed by atoms with Crippen molar-refractivity contribution in [3.8, 4) is 5.75 Å². The Bertz CT molecular complexity index is 1020. The molecule has 1 fully saturated rings. The summed E-state index contributed by atoms with van der Waals surface area (Å²) in [6.07, 6.45) is 1.71. The molecular formula is C23H27N3O2S. The minimum Gasteiger partial charge on any atom is -0.496 e. The number of aromatic nitrogens is 1. The average Bonchev–Trinajstić information content (AvgIpc) is 3.16. The van der Waals surface area contributed by atoms with Crippen LogP contribution in [0.1, 0.15) is 29.5 Å². The Kier molecular flexibility index (Phi) is 5.72. The molecule has 0 saturated carbocycles. The van der Waals surface area contributed by atoms with Crippen molar-refractivity contribution < 1.29 is 9.53 Å². The molecule has 4 rings (SSSR count). The number of piperidine rings is 1. The molecule has 1 saturated heterocycles. The number of aryl methyl sites for hydroxylation is 2. The Labute approximate surface area is 175 Å². The van der Waals surface area contributed by atoms with Crippen molar-refractivity contribution in [1.82, 2.24) is 10.3 Å². The second kappa shape index (κ2) is 8.41. The molecular weight excluding hydrogens is 382 g/mol. The van der Waals surface area contributed by atoms with Crippen molar-refractivity contribution in [2.75, 3.05) is 25.1 Å². The monoisotopic (exact) mass is 409 g/mol. The Morgan fingerprint density at radius 2 is 2.00 bits per heavy atom. The smallest absolute Gasteiger partial charge is 0.223 e. The van der Waals surface area contributed by atoms with Crippen LogP contribution < -0.4 is 15.0 Å². The van der Waals surface area contributed by atoms with E-state index in [1.807, 2.05) is 24.3 Å². The van der Waals surface area contributed by atoms with Crippen molar-refractivity contribution in [3.63, 3.8) is 0 Å². The standard InChI is InChI=1S/C23H27N3O2S/c1-15-12-16(2)21-20(13-15)29-23(25-21)26-10-8-17(9-11-26)22(27)24-14-18-6-4-5-7-19(18)28-3/h4-7,12-13,17H,8-11,14H2,1-3H3,(H,24,27). The van der Waals surface area contributed by atoms with E-state index in [2.05, 4.69) is 36.2 Å². The molecule has 1 aromatic heterocycles. The van der Waals surface area contributed by atoms with Gasteiger partial charge in [0.1, 0.15) is 5.75 Å². The van der Waals surface area contributed by atoms with E-state index in [4.69, 9.17) is 9.72 Å². The number of benzene rings is 2. The molecule has 6 heteroatoms. The summed E-state index contributed by atoms with van der Waals surface area (Å²) >= 11 is 1.75. The maximum atomic E-state index is 12.7. The van der Waals surface area contributed by atoms with Crippen molar-refractivity contribution in [2.45, 2.75) is 33.2 Å². The van der Waals surface area contributed by atoms with Crippen LogP contribution in [-0.2, 0) is 11.3 Å². The highest BCUT2D eigenvalue weighted by Crippen LogP contribution is 2.33. The molecule has 1 aliphatic rings. The van der Waals surface area contributed by atoms with Gasteiger partial charge < -0.3 is 15.0 Å². The normalized spacial score (nSPS) is 14.9. The van der Waals surface area contributed by atoms with Gasteiger partial charge in [0.05, 0.1) is 17.3 Å². The summed E-state index contributed by atoms with van der Waals surface area (Å²) in [6, 6.07) is 12.2. The number of ether oxygens (including phenoxy) is 1. The number of anilines is 1. The van der Waals surface area contributed by atoms with Gasteiger partial charge in [-0.3, -0.25) is 4.79 Å². The van der Waals surface area contributed by atoms with Crippen LogP contribution in [0.3, 0.4) is 0 Å². The van der Waals surface area contributed by atoms with E-state index in [0.717, 1.165) is 47.9 Å². The first-order chi connectivity index (χ1) is 14.0. The lowest BCUT2D eigenvalue weighted by Crippen LogP contribution is -2.40. The third kappa shape index (κ3) is 4.22. The van der Waals surface area contributed by atoms with Gasteiger partial charge in [-0.2, -0.15) is 0 Å². The second-order valence-electron chi connectivity index (χ2n) is 7.72. The molecule has 5 nitrogen and oxygen atoms in total. The third-order valence-electron chi connectivity index (χ3n) is 5.60. The Hall–Kier alpha value is -2.60.